The molecule has 7 heteroatoms. The van der Waals surface area contributed by atoms with E-state index < -0.39 is 12.1 Å². The molecule has 0 saturated carbocycles. The summed E-state index contributed by atoms with van der Waals surface area (Å²) in [5.74, 6) is -0.232. The molecular formula is C11H18N4O3. The van der Waals surface area contributed by atoms with E-state index in [0.29, 0.717) is 13.2 Å². The highest BCUT2D eigenvalue weighted by atomic mass is 16.5. The number of carbonyl (C=O) groups excluding carboxylic acids is 1. The van der Waals surface area contributed by atoms with Crippen molar-refractivity contribution in [2.24, 2.45) is 0 Å². The van der Waals surface area contributed by atoms with Gasteiger partial charge in [0, 0.05) is 6.54 Å². The molecule has 0 aliphatic carbocycles. The van der Waals surface area contributed by atoms with E-state index in [2.05, 4.69) is 10.4 Å². The highest BCUT2D eigenvalue weighted by Crippen LogP contribution is 2.24. The summed E-state index contributed by atoms with van der Waals surface area (Å²) in [6.45, 7) is 3.31. The van der Waals surface area contributed by atoms with Gasteiger partial charge in [-0.2, -0.15) is 5.10 Å². The van der Waals surface area contributed by atoms with Crippen LogP contribution in [0.25, 0.3) is 0 Å². The third-order valence-electron chi connectivity index (χ3n) is 3.06. The fourth-order valence-corrected chi connectivity index (χ4v) is 2.12. The average molecular weight is 254 g/mol. The minimum Gasteiger partial charge on any atom is -0.462 e. The molecule has 1 aromatic rings. The number of aliphatic hydroxyl groups is 1. The zero-order chi connectivity index (χ0) is 13.1. The highest BCUT2D eigenvalue weighted by Gasteiger charge is 2.28. The van der Waals surface area contributed by atoms with E-state index >= 15 is 0 Å². The number of β-amino-alcohol motifs (C(OH)–C–C–N with tert-alkyl or cyclic N) is 1. The third-order valence-corrected chi connectivity index (χ3v) is 3.06. The molecule has 7 nitrogen and oxygen atoms in total. The molecule has 0 aromatic carbocycles. The second-order valence-corrected chi connectivity index (χ2v) is 4.24. The van der Waals surface area contributed by atoms with Crippen LogP contribution in [0.1, 0.15) is 29.7 Å². The molecule has 2 heterocycles. The van der Waals surface area contributed by atoms with Gasteiger partial charge in [-0.3, -0.25) is 0 Å². The van der Waals surface area contributed by atoms with Gasteiger partial charge in [-0.1, -0.05) is 0 Å². The maximum Gasteiger partial charge on any atom is 0.343 e. The van der Waals surface area contributed by atoms with Crippen LogP contribution in [-0.2, 0) is 4.74 Å². The van der Waals surface area contributed by atoms with Gasteiger partial charge in [-0.05, 0) is 19.9 Å². The smallest absolute Gasteiger partial charge is 0.343 e. The van der Waals surface area contributed by atoms with Gasteiger partial charge in [0.25, 0.3) is 0 Å². The van der Waals surface area contributed by atoms with Crippen molar-refractivity contribution in [2.45, 2.75) is 25.5 Å². The topological polar surface area (TPSA) is 102 Å². The number of rotatable bonds is 3. The molecule has 1 saturated heterocycles. The number of carbonyl (C=O) groups is 1. The molecule has 0 radical (unpaired) electrons. The van der Waals surface area contributed by atoms with Gasteiger partial charge < -0.3 is 20.9 Å². The number of nitrogens with zero attached hydrogens (tertiary/aromatic N) is 2. The summed E-state index contributed by atoms with van der Waals surface area (Å²) in [7, 11) is 0. The van der Waals surface area contributed by atoms with Crippen molar-refractivity contribution < 1.29 is 14.6 Å². The van der Waals surface area contributed by atoms with Crippen LogP contribution < -0.4 is 11.1 Å². The second-order valence-electron chi connectivity index (χ2n) is 4.24. The number of nitrogen functional groups attached to an aromatic ring is 1. The van der Waals surface area contributed by atoms with E-state index in [1.54, 1.807) is 6.92 Å². The molecule has 0 bridgehead atoms. The van der Waals surface area contributed by atoms with Crippen molar-refractivity contribution in [1.82, 2.24) is 15.1 Å². The van der Waals surface area contributed by atoms with Crippen molar-refractivity contribution in [3.8, 4) is 0 Å². The van der Waals surface area contributed by atoms with E-state index in [1.165, 1.54) is 10.9 Å². The molecule has 1 aliphatic heterocycles. The highest BCUT2D eigenvalue weighted by molar-refractivity contribution is 5.94. The van der Waals surface area contributed by atoms with Crippen LogP contribution in [0.4, 0.5) is 5.82 Å². The van der Waals surface area contributed by atoms with E-state index in [9.17, 15) is 9.90 Å². The number of nitrogens with two attached hydrogens (primary N) is 1. The van der Waals surface area contributed by atoms with Gasteiger partial charge >= 0.3 is 5.97 Å². The molecule has 1 aromatic heterocycles. The minimum atomic E-state index is -0.559. The summed E-state index contributed by atoms with van der Waals surface area (Å²) in [6, 6.07) is -0.200. The standard InChI is InChI=1S/C11H18N4O3/c1-2-18-11(17)7-5-14-15(10(7)12)8-3-4-13-6-9(8)16/h5,8-9,13,16H,2-4,6,12H2,1H3. The Morgan fingerprint density at radius 1 is 1.78 bits per heavy atom. The first-order valence-corrected chi connectivity index (χ1v) is 6.04. The SMILES string of the molecule is CCOC(=O)c1cnn(C2CCNCC2O)c1N. The molecule has 2 rings (SSSR count). The first-order chi connectivity index (χ1) is 8.65. The van der Waals surface area contributed by atoms with Gasteiger partial charge in [0.15, 0.2) is 0 Å². The van der Waals surface area contributed by atoms with Crippen LogP contribution in [0.5, 0.6) is 0 Å². The number of nitrogens with one attached hydrogen (secondary N) is 1. The Labute approximate surface area is 105 Å². The number of hydrogen-bond acceptors (Lipinski definition) is 6. The zero-order valence-corrected chi connectivity index (χ0v) is 10.3. The lowest BCUT2D eigenvalue weighted by atomic mass is 10.0. The van der Waals surface area contributed by atoms with E-state index in [-0.39, 0.29) is 17.4 Å². The summed E-state index contributed by atoms with van der Waals surface area (Å²) in [4.78, 5) is 11.6. The number of ether oxygens (including phenoxy) is 1. The predicted octanol–water partition coefficient (Wildman–Crippen LogP) is -0.463. The van der Waals surface area contributed by atoms with Crippen molar-refractivity contribution in [2.75, 3.05) is 25.4 Å². The van der Waals surface area contributed by atoms with Crippen LogP contribution in [0.15, 0.2) is 6.20 Å². The number of aliphatic hydroxyl groups excluding tert-OH is 1. The lowest BCUT2D eigenvalue weighted by molar-refractivity contribution is 0.0526. The largest absolute Gasteiger partial charge is 0.462 e. The lowest BCUT2D eigenvalue weighted by Crippen LogP contribution is -2.42. The number of anilines is 1. The molecule has 2 unspecified atom stereocenters. The molecule has 4 N–H and O–H groups in total. The molecular weight excluding hydrogens is 236 g/mol. The van der Waals surface area contributed by atoms with Gasteiger partial charge in [0.05, 0.1) is 24.9 Å². The number of hydrogen-bond donors (Lipinski definition) is 3. The number of aromatic nitrogens is 2. The molecule has 1 fully saturated rings. The van der Waals surface area contributed by atoms with Crippen LogP contribution in [0, 0.1) is 0 Å². The summed E-state index contributed by atoms with van der Waals surface area (Å²) in [6.07, 6.45) is 1.55. The van der Waals surface area contributed by atoms with Gasteiger partial charge in [0.2, 0.25) is 0 Å². The first kappa shape index (κ1) is 12.8. The van der Waals surface area contributed by atoms with Crippen molar-refractivity contribution >= 4 is 11.8 Å². The van der Waals surface area contributed by atoms with E-state index in [4.69, 9.17) is 10.5 Å². The van der Waals surface area contributed by atoms with Crippen LogP contribution in [0.2, 0.25) is 0 Å². The van der Waals surface area contributed by atoms with Crippen molar-refractivity contribution in [3.05, 3.63) is 11.8 Å². The summed E-state index contributed by atoms with van der Waals surface area (Å²) < 4.78 is 6.40. The fourth-order valence-electron chi connectivity index (χ4n) is 2.12. The van der Waals surface area contributed by atoms with E-state index in [0.717, 1.165) is 13.0 Å². The Bertz CT molecular complexity index is 432. The van der Waals surface area contributed by atoms with Crippen molar-refractivity contribution in [3.63, 3.8) is 0 Å². The Morgan fingerprint density at radius 3 is 3.22 bits per heavy atom. The fraction of sp³-hybridized carbons (Fsp3) is 0.636. The van der Waals surface area contributed by atoms with Crippen LogP contribution in [0.3, 0.4) is 0 Å². The quantitative estimate of drug-likeness (QED) is 0.631. The Kier molecular flexibility index (Phi) is 3.83. The molecule has 0 spiro atoms. The Morgan fingerprint density at radius 2 is 2.56 bits per heavy atom. The molecule has 18 heavy (non-hydrogen) atoms. The number of piperidine rings is 1. The van der Waals surface area contributed by atoms with Gasteiger partial charge in [-0.25, -0.2) is 9.48 Å². The minimum absolute atomic E-state index is 0.200. The normalized spacial score (nSPS) is 23.9. The summed E-state index contributed by atoms with van der Waals surface area (Å²) in [5.41, 5.74) is 6.15. The van der Waals surface area contributed by atoms with Crippen LogP contribution >= 0.6 is 0 Å². The Hall–Kier alpha value is -1.60. The number of esters is 1. The Balaban J connectivity index is 2.22. The molecule has 1 aliphatic rings. The summed E-state index contributed by atoms with van der Waals surface area (Å²) >= 11 is 0. The monoisotopic (exact) mass is 254 g/mol. The second kappa shape index (κ2) is 5.36. The average Bonchev–Trinajstić information content (AvgIpc) is 2.72. The zero-order valence-electron chi connectivity index (χ0n) is 10.3. The molecule has 0 amide bonds. The van der Waals surface area contributed by atoms with Crippen LogP contribution in [-0.4, -0.2) is 46.7 Å². The lowest BCUT2D eigenvalue weighted by Gasteiger charge is -2.29. The van der Waals surface area contributed by atoms with Crippen molar-refractivity contribution in [1.29, 1.82) is 0 Å². The van der Waals surface area contributed by atoms with E-state index in [1.807, 2.05) is 0 Å². The first-order valence-electron chi connectivity index (χ1n) is 6.04. The molecule has 100 valence electrons. The third kappa shape index (κ3) is 2.32. The maximum absolute atomic E-state index is 11.6. The predicted molar refractivity (Wildman–Crippen MR) is 65.1 cm³/mol. The summed E-state index contributed by atoms with van der Waals surface area (Å²) in [5, 5.41) is 17.1. The van der Waals surface area contributed by atoms with Gasteiger partial charge in [-0.15, -0.1) is 0 Å². The maximum atomic E-state index is 11.6. The molecule has 2 atom stereocenters. The van der Waals surface area contributed by atoms with Gasteiger partial charge in [0.1, 0.15) is 11.4 Å².